The fourth-order valence-corrected chi connectivity index (χ4v) is 4.00. The number of aryl methyl sites for hydroxylation is 1. The van der Waals surface area contributed by atoms with Gasteiger partial charge in [0.2, 0.25) is 15.9 Å². The van der Waals surface area contributed by atoms with Crippen LogP contribution >= 0.6 is 0 Å². The maximum atomic E-state index is 12.8. The fourth-order valence-electron chi connectivity index (χ4n) is 3.18. The van der Waals surface area contributed by atoms with Crippen molar-refractivity contribution >= 4 is 15.9 Å². The Balaban J connectivity index is 1.80. The average molecular weight is 308 g/mol. The number of carbonyl (C=O) groups excluding carboxylic acids is 1. The number of hydrogen-bond acceptors (Lipinski definition) is 3. The highest BCUT2D eigenvalue weighted by atomic mass is 32.2. The van der Waals surface area contributed by atoms with Gasteiger partial charge in [-0.1, -0.05) is 29.8 Å². The first-order chi connectivity index (χ1) is 9.83. The summed E-state index contributed by atoms with van der Waals surface area (Å²) < 4.78 is 22.8. The van der Waals surface area contributed by atoms with Crippen molar-refractivity contribution in [2.45, 2.75) is 36.9 Å². The Morgan fingerprint density at radius 2 is 2.10 bits per heavy atom. The van der Waals surface area contributed by atoms with Crippen molar-refractivity contribution in [3.8, 4) is 0 Å². The summed E-state index contributed by atoms with van der Waals surface area (Å²) in [4.78, 5) is 14.5. The largest absolute Gasteiger partial charge is 0.341 e. The van der Waals surface area contributed by atoms with E-state index in [1.54, 1.807) is 4.90 Å². The van der Waals surface area contributed by atoms with E-state index in [0.29, 0.717) is 13.0 Å². The van der Waals surface area contributed by atoms with Crippen molar-refractivity contribution in [2.75, 3.05) is 13.1 Å². The number of nitrogens with zero attached hydrogens (tertiary/aromatic N) is 1. The van der Waals surface area contributed by atoms with E-state index in [4.69, 9.17) is 5.14 Å². The van der Waals surface area contributed by atoms with Crippen LogP contribution in [0.15, 0.2) is 24.3 Å². The number of sulfonamides is 1. The van der Waals surface area contributed by atoms with Gasteiger partial charge in [-0.3, -0.25) is 4.79 Å². The Morgan fingerprint density at radius 1 is 1.38 bits per heavy atom. The molecule has 5 nitrogen and oxygen atoms in total. The number of benzene rings is 1. The Morgan fingerprint density at radius 3 is 2.62 bits per heavy atom. The van der Waals surface area contributed by atoms with Crippen molar-refractivity contribution in [1.82, 2.24) is 4.90 Å². The van der Waals surface area contributed by atoms with Crippen LogP contribution in [0.25, 0.3) is 0 Å². The standard InChI is InChI=1S/C15H20N2O3S/c1-11-3-2-4-12(9-11)15(6-7-15)14(18)17-8-5-13(10-17)21(16,19)20/h2-4,9,13H,5-8,10H2,1H3,(H2,16,19,20). The minimum atomic E-state index is -3.56. The summed E-state index contributed by atoms with van der Waals surface area (Å²) in [5.41, 5.74) is 1.75. The second-order valence-electron chi connectivity index (χ2n) is 6.20. The van der Waals surface area contributed by atoms with E-state index in [0.717, 1.165) is 24.0 Å². The lowest BCUT2D eigenvalue weighted by Gasteiger charge is -2.23. The Hall–Kier alpha value is -1.40. The first-order valence-electron chi connectivity index (χ1n) is 7.21. The van der Waals surface area contributed by atoms with Gasteiger partial charge < -0.3 is 4.90 Å². The van der Waals surface area contributed by atoms with E-state index >= 15 is 0 Å². The van der Waals surface area contributed by atoms with E-state index in [1.165, 1.54) is 0 Å². The first kappa shape index (κ1) is 14.5. The van der Waals surface area contributed by atoms with Crippen LogP contribution < -0.4 is 5.14 Å². The van der Waals surface area contributed by atoms with Crippen molar-refractivity contribution in [2.24, 2.45) is 5.14 Å². The van der Waals surface area contributed by atoms with Crippen LogP contribution in [-0.4, -0.2) is 37.6 Å². The summed E-state index contributed by atoms with van der Waals surface area (Å²) >= 11 is 0. The average Bonchev–Trinajstić information content (AvgIpc) is 3.06. The number of carbonyl (C=O) groups is 1. The van der Waals surface area contributed by atoms with Gasteiger partial charge in [-0.15, -0.1) is 0 Å². The summed E-state index contributed by atoms with van der Waals surface area (Å²) in [6.07, 6.45) is 2.12. The van der Waals surface area contributed by atoms with Crippen molar-refractivity contribution < 1.29 is 13.2 Å². The minimum Gasteiger partial charge on any atom is -0.341 e. The summed E-state index contributed by atoms with van der Waals surface area (Å²) in [5.74, 6) is 0.0549. The Kier molecular flexibility index (Phi) is 3.33. The monoisotopic (exact) mass is 308 g/mol. The third-order valence-corrected chi connectivity index (χ3v) is 5.94. The predicted octanol–water partition coefficient (Wildman–Crippen LogP) is 0.916. The predicted molar refractivity (Wildman–Crippen MR) is 80.2 cm³/mol. The molecule has 1 aromatic rings. The maximum Gasteiger partial charge on any atom is 0.233 e. The van der Waals surface area contributed by atoms with E-state index in [1.807, 2.05) is 25.1 Å². The Bertz CT molecular complexity index is 680. The molecular weight excluding hydrogens is 288 g/mol. The molecule has 1 saturated carbocycles. The number of amides is 1. The van der Waals surface area contributed by atoms with E-state index in [9.17, 15) is 13.2 Å². The SMILES string of the molecule is Cc1cccc(C2(C(=O)N3CCC(S(N)(=O)=O)C3)CC2)c1. The molecule has 2 fully saturated rings. The molecule has 1 heterocycles. The molecule has 3 rings (SSSR count). The molecule has 1 aromatic carbocycles. The van der Waals surface area contributed by atoms with Gasteiger partial charge in [-0.2, -0.15) is 0 Å². The van der Waals surface area contributed by atoms with Gasteiger partial charge in [0, 0.05) is 13.1 Å². The van der Waals surface area contributed by atoms with Crippen molar-refractivity contribution in [1.29, 1.82) is 0 Å². The zero-order valence-electron chi connectivity index (χ0n) is 12.1. The maximum absolute atomic E-state index is 12.8. The smallest absolute Gasteiger partial charge is 0.233 e. The molecule has 0 spiro atoms. The quantitative estimate of drug-likeness (QED) is 0.901. The summed E-state index contributed by atoms with van der Waals surface area (Å²) in [7, 11) is -3.56. The van der Waals surface area contributed by atoms with E-state index in [2.05, 4.69) is 6.07 Å². The lowest BCUT2D eigenvalue weighted by molar-refractivity contribution is -0.132. The first-order valence-corrected chi connectivity index (χ1v) is 8.82. The van der Waals surface area contributed by atoms with E-state index < -0.39 is 20.7 Å². The molecule has 1 unspecified atom stereocenters. The normalized spacial score (nSPS) is 24.1. The number of nitrogens with two attached hydrogens (primary N) is 1. The minimum absolute atomic E-state index is 0.0549. The molecule has 0 bridgehead atoms. The topological polar surface area (TPSA) is 80.5 Å². The van der Waals surface area contributed by atoms with Gasteiger partial charge in [0.05, 0.1) is 10.7 Å². The molecule has 2 N–H and O–H groups in total. The van der Waals surface area contributed by atoms with Crippen LogP contribution in [0.5, 0.6) is 0 Å². The van der Waals surface area contributed by atoms with Crippen LogP contribution in [-0.2, 0) is 20.2 Å². The zero-order chi connectivity index (χ0) is 15.3. The van der Waals surface area contributed by atoms with Gasteiger partial charge in [-0.25, -0.2) is 13.6 Å². The van der Waals surface area contributed by atoms with Crippen LogP contribution in [0.4, 0.5) is 0 Å². The van der Waals surface area contributed by atoms with E-state index in [-0.39, 0.29) is 12.5 Å². The fraction of sp³-hybridized carbons (Fsp3) is 0.533. The third-order valence-electron chi connectivity index (χ3n) is 4.63. The third kappa shape index (κ3) is 2.58. The molecule has 21 heavy (non-hydrogen) atoms. The molecule has 1 atom stereocenters. The molecule has 1 aliphatic heterocycles. The molecule has 1 aliphatic carbocycles. The summed E-state index contributed by atoms with van der Waals surface area (Å²) in [6, 6.07) is 8.02. The highest BCUT2D eigenvalue weighted by molar-refractivity contribution is 7.89. The molecular formula is C15H20N2O3S. The van der Waals surface area contributed by atoms with Crippen LogP contribution in [0.1, 0.15) is 30.4 Å². The van der Waals surface area contributed by atoms with Gasteiger partial charge in [0.25, 0.3) is 0 Å². The number of likely N-dealkylation sites (tertiary alicyclic amines) is 1. The molecule has 2 aliphatic rings. The summed E-state index contributed by atoms with van der Waals surface area (Å²) in [5, 5.41) is 4.58. The molecule has 0 aromatic heterocycles. The lowest BCUT2D eigenvalue weighted by Crippen LogP contribution is -2.40. The lowest BCUT2D eigenvalue weighted by atomic mass is 9.93. The number of hydrogen-bond donors (Lipinski definition) is 1. The van der Waals surface area contributed by atoms with Crippen molar-refractivity contribution in [3.63, 3.8) is 0 Å². The van der Waals surface area contributed by atoms with Gasteiger partial charge in [-0.05, 0) is 31.7 Å². The number of primary sulfonamides is 1. The summed E-state index contributed by atoms with van der Waals surface area (Å²) in [6.45, 7) is 2.72. The van der Waals surface area contributed by atoms with Crippen molar-refractivity contribution in [3.05, 3.63) is 35.4 Å². The zero-order valence-corrected chi connectivity index (χ0v) is 12.9. The van der Waals surface area contributed by atoms with Gasteiger partial charge in [0.1, 0.15) is 0 Å². The molecule has 114 valence electrons. The highest BCUT2D eigenvalue weighted by Gasteiger charge is 2.54. The molecule has 0 radical (unpaired) electrons. The van der Waals surface area contributed by atoms with Gasteiger partial charge in [0.15, 0.2) is 0 Å². The molecule has 1 saturated heterocycles. The van der Waals surface area contributed by atoms with Crippen LogP contribution in [0, 0.1) is 6.92 Å². The second kappa shape index (κ2) is 4.81. The highest BCUT2D eigenvalue weighted by Crippen LogP contribution is 2.50. The van der Waals surface area contributed by atoms with Gasteiger partial charge >= 0.3 is 0 Å². The van der Waals surface area contributed by atoms with Crippen LogP contribution in [0.3, 0.4) is 0 Å². The molecule has 6 heteroatoms. The molecule has 1 amide bonds. The second-order valence-corrected chi connectivity index (χ2v) is 8.05. The number of rotatable bonds is 3. The Labute approximate surface area is 125 Å². The van der Waals surface area contributed by atoms with Crippen LogP contribution in [0.2, 0.25) is 0 Å².